The van der Waals surface area contributed by atoms with E-state index in [1.54, 1.807) is 13.0 Å². The predicted octanol–water partition coefficient (Wildman–Crippen LogP) is 3.08. The first kappa shape index (κ1) is 20.9. The number of nitro benzene ring substituents is 1. The molecule has 8 nitrogen and oxygen atoms in total. The van der Waals surface area contributed by atoms with E-state index in [0.29, 0.717) is 24.1 Å². The number of rotatable bonds is 5. The normalized spacial score (nSPS) is 17.7. The van der Waals surface area contributed by atoms with E-state index in [-0.39, 0.29) is 23.7 Å². The molecule has 0 radical (unpaired) electrons. The average Bonchev–Trinajstić information content (AvgIpc) is 2.70. The third-order valence-electron chi connectivity index (χ3n) is 4.90. The number of halogens is 1. The summed E-state index contributed by atoms with van der Waals surface area (Å²) in [6.45, 7) is 1.96. The van der Waals surface area contributed by atoms with Crippen molar-refractivity contribution in [3.8, 4) is 0 Å². The lowest BCUT2D eigenvalue weighted by atomic mass is 9.98. The van der Waals surface area contributed by atoms with Gasteiger partial charge in [-0.25, -0.2) is 12.8 Å². The quantitative estimate of drug-likeness (QED) is 0.589. The Kier molecular flexibility index (Phi) is 5.94. The van der Waals surface area contributed by atoms with Crippen LogP contribution < -0.4 is 5.32 Å². The molecule has 1 atom stereocenters. The molecule has 1 saturated heterocycles. The fourth-order valence-corrected chi connectivity index (χ4v) is 4.75. The molecule has 154 valence electrons. The summed E-state index contributed by atoms with van der Waals surface area (Å²) >= 11 is 0. The molecule has 1 unspecified atom stereocenters. The third kappa shape index (κ3) is 4.60. The third-order valence-corrected chi connectivity index (χ3v) is 6.78. The first-order valence-corrected chi connectivity index (χ1v) is 10.4. The van der Waals surface area contributed by atoms with Crippen LogP contribution in [0.5, 0.6) is 0 Å². The zero-order valence-corrected chi connectivity index (χ0v) is 16.5. The number of carbonyl (C=O) groups excluding carboxylic acids is 1. The molecule has 10 heteroatoms. The van der Waals surface area contributed by atoms with E-state index in [9.17, 15) is 27.7 Å². The maximum atomic E-state index is 13.1. The van der Waals surface area contributed by atoms with E-state index >= 15 is 0 Å². The van der Waals surface area contributed by atoms with Crippen LogP contribution in [0.25, 0.3) is 0 Å². The summed E-state index contributed by atoms with van der Waals surface area (Å²) in [6.07, 6.45) is 0.988. The zero-order chi connectivity index (χ0) is 21.2. The lowest BCUT2D eigenvalue weighted by Crippen LogP contribution is -2.43. The van der Waals surface area contributed by atoms with Crippen molar-refractivity contribution in [3.63, 3.8) is 0 Å². The zero-order valence-electron chi connectivity index (χ0n) is 15.7. The van der Waals surface area contributed by atoms with Crippen LogP contribution in [0.2, 0.25) is 0 Å². The Morgan fingerprint density at radius 3 is 2.59 bits per heavy atom. The van der Waals surface area contributed by atoms with Crippen molar-refractivity contribution in [2.24, 2.45) is 5.92 Å². The largest absolute Gasteiger partial charge is 0.325 e. The minimum atomic E-state index is -3.85. The number of nitrogens with one attached hydrogen (secondary N) is 1. The number of piperidine rings is 1. The van der Waals surface area contributed by atoms with Crippen molar-refractivity contribution in [2.75, 3.05) is 18.4 Å². The first-order chi connectivity index (χ1) is 13.7. The fourth-order valence-electron chi connectivity index (χ4n) is 3.22. The minimum absolute atomic E-state index is 0.0144. The van der Waals surface area contributed by atoms with Gasteiger partial charge in [0.15, 0.2) is 0 Å². The molecule has 0 saturated carbocycles. The summed E-state index contributed by atoms with van der Waals surface area (Å²) in [4.78, 5) is 23.1. The van der Waals surface area contributed by atoms with Crippen LogP contribution in [0.4, 0.5) is 15.8 Å². The summed E-state index contributed by atoms with van der Waals surface area (Å²) in [5, 5.41) is 13.6. The Morgan fingerprint density at radius 2 is 1.93 bits per heavy atom. The van der Waals surface area contributed by atoms with E-state index in [2.05, 4.69) is 5.32 Å². The van der Waals surface area contributed by atoms with Gasteiger partial charge in [-0.1, -0.05) is 6.07 Å². The van der Waals surface area contributed by atoms with Crippen LogP contribution in [0, 0.1) is 28.8 Å². The van der Waals surface area contributed by atoms with Crippen molar-refractivity contribution in [2.45, 2.75) is 24.7 Å². The van der Waals surface area contributed by atoms with Gasteiger partial charge in [0.1, 0.15) is 5.82 Å². The van der Waals surface area contributed by atoms with E-state index in [0.717, 1.165) is 12.1 Å². The molecule has 0 bridgehead atoms. The van der Waals surface area contributed by atoms with Gasteiger partial charge in [-0.05, 0) is 49.6 Å². The molecule has 1 heterocycles. The SMILES string of the molecule is Cc1ccc([N+](=O)[O-])cc1NC(=O)C1CCCN(S(=O)(=O)c2ccc(F)cc2)C1. The van der Waals surface area contributed by atoms with Crippen molar-refractivity contribution in [1.82, 2.24) is 4.31 Å². The molecule has 1 aliphatic rings. The highest BCUT2D eigenvalue weighted by atomic mass is 32.2. The molecule has 0 spiro atoms. The molecule has 1 N–H and O–H groups in total. The number of sulfonamides is 1. The van der Waals surface area contributed by atoms with Crippen LogP contribution in [-0.2, 0) is 14.8 Å². The number of nitrogens with zero attached hydrogens (tertiary/aromatic N) is 2. The highest BCUT2D eigenvalue weighted by molar-refractivity contribution is 7.89. The number of aryl methyl sites for hydroxylation is 1. The number of non-ortho nitro benzene ring substituents is 1. The standard InChI is InChI=1S/C19H20FN3O5S/c1-13-4-7-16(23(25)26)11-18(13)21-19(24)14-3-2-10-22(12-14)29(27,28)17-8-5-15(20)6-9-17/h4-9,11,14H,2-3,10,12H2,1H3,(H,21,24). The number of hydrogen-bond donors (Lipinski definition) is 1. The molecule has 2 aromatic rings. The Labute approximate surface area is 167 Å². The van der Waals surface area contributed by atoms with Crippen molar-refractivity contribution in [3.05, 3.63) is 64.0 Å². The van der Waals surface area contributed by atoms with Gasteiger partial charge in [0, 0.05) is 25.2 Å². The highest BCUT2D eigenvalue weighted by Gasteiger charge is 2.33. The molecular formula is C19H20FN3O5S. The van der Waals surface area contributed by atoms with Gasteiger partial charge in [0.25, 0.3) is 5.69 Å². The van der Waals surface area contributed by atoms with Gasteiger partial charge >= 0.3 is 0 Å². The number of carbonyl (C=O) groups is 1. The molecule has 1 amide bonds. The lowest BCUT2D eigenvalue weighted by molar-refractivity contribution is -0.384. The van der Waals surface area contributed by atoms with Gasteiger partial charge in [0.2, 0.25) is 15.9 Å². The maximum Gasteiger partial charge on any atom is 0.271 e. The summed E-state index contributed by atoms with van der Waals surface area (Å²) in [5.41, 5.74) is 0.841. The van der Waals surface area contributed by atoms with Crippen LogP contribution >= 0.6 is 0 Å². The maximum absolute atomic E-state index is 13.1. The number of anilines is 1. The smallest absolute Gasteiger partial charge is 0.271 e. The Balaban J connectivity index is 1.75. The van der Waals surface area contributed by atoms with Gasteiger partial charge in [-0.15, -0.1) is 0 Å². The molecule has 2 aromatic carbocycles. The molecule has 3 rings (SSSR count). The van der Waals surface area contributed by atoms with Gasteiger partial charge < -0.3 is 5.32 Å². The summed E-state index contributed by atoms with van der Waals surface area (Å²) < 4.78 is 39.9. The minimum Gasteiger partial charge on any atom is -0.325 e. The van der Waals surface area contributed by atoms with Crippen molar-refractivity contribution in [1.29, 1.82) is 0 Å². The molecule has 0 aromatic heterocycles. The lowest BCUT2D eigenvalue weighted by Gasteiger charge is -2.31. The van der Waals surface area contributed by atoms with Gasteiger partial charge in [-0.2, -0.15) is 4.31 Å². The van der Waals surface area contributed by atoms with Crippen LogP contribution in [0.3, 0.4) is 0 Å². The van der Waals surface area contributed by atoms with Crippen molar-refractivity contribution < 1.29 is 22.5 Å². The number of hydrogen-bond acceptors (Lipinski definition) is 5. The Bertz CT molecular complexity index is 1040. The van der Waals surface area contributed by atoms with Gasteiger partial charge in [-0.3, -0.25) is 14.9 Å². The average molecular weight is 421 g/mol. The predicted molar refractivity (Wildman–Crippen MR) is 104 cm³/mol. The first-order valence-electron chi connectivity index (χ1n) is 9.00. The molecule has 1 aliphatic heterocycles. The van der Waals surface area contributed by atoms with Crippen LogP contribution in [-0.4, -0.2) is 36.6 Å². The summed E-state index contributed by atoms with van der Waals surface area (Å²) in [7, 11) is -3.85. The number of amides is 1. The topological polar surface area (TPSA) is 110 Å². The monoisotopic (exact) mass is 421 g/mol. The molecular weight excluding hydrogens is 401 g/mol. The van der Waals surface area contributed by atoms with E-state index in [1.165, 1.54) is 28.6 Å². The number of benzene rings is 2. The second kappa shape index (κ2) is 8.26. The van der Waals surface area contributed by atoms with Gasteiger partial charge in [0.05, 0.1) is 21.4 Å². The second-order valence-corrected chi connectivity index (χ2v) is 8.84. The highest BCUT2D eigenvalue weighted by Crippen LogP contribution is 2.27. The van der Waals surface area contributed by atoms with Crippen LogP contribution in [0.1, 0.15) is 18.4 Å². The summed E-state index contributed by atoms with van der Waals surface area (Å²) in [5.74, 6) is -1.53. The fraction of sp³-hybridized carbons (Fsp3) is 0.316. The van der Waals surface area contributed by atoms with Crippen LogP contribution in [0.15, 0.2) is 47.4 Å². The molecule has 29 heavy (non-hydrogen) atoms. The molecule has 0 aliphatic carbocycles. The summed E-state index contributed by atoms with van der Waals surface area (Å²) in [6, 6.07) is 8.71. The van der Waals surface area contributed by atoms with Crippen molar-refractivity contribution >= 4 is 27.3 Å². The Morgan fingerprint density at radius 1 is 1.24 bits per heavy atom. The second-order valence-electron chi connectivity index (χ2n) is 6.90. The van der Waals surface area contributed by atoms with E-state index in [4.69, 9.17) is 0 Å². The number of nitro groups is 1. The van der Waals surface area contributed by atoms with E-state index in [1.807, 2.05) is 0 Å². The Hall–Kier alpha value is -2.85. The van der Waals surface area contributed by atoms with E-state index < -0.39 is 32.6 Å². The molecule has 1 fully saturated rings.